The highest BCUT2D eigenvalue weighted by molar-refractivity contribution is 5.85. The van der Waals surface area contributed by atoms with Crippen LogP contribution in [0.1, 0.15) is 24.8 Å². The van der Waals surface area contributed by atoms with Crippen molar-refractivity contribution in [2.24, 2.45) is 0 Å². The second-order valence-electron chi connectivity index (χ2n) is 5.59. The number of benzene rings is 1. The van der Waals surface area contributed by atoms with E-state index in [-0.39, 0.29) is 30.5 Å². The molecule has 0 aliphatic rings. The first-order valence-electron chi connectivity index (χ1n) is 7.33. The summed E-state index contributed by atoms with van der Waals surface area (Å²) in [5.74, 6) is -1.18. The maximum Gasteiger partial charge on any atom is 0.326 e. The van der Waals surface area contributed by atoms with E-state index in [9.17, 15) is 19.8 Å². The Morgan fingerprint density at radius 3 is 2.30 bits per heavy atom. The summed E-state index contributed by atoms with van der Waals surface area (Å²) in [5, 5.41) is 21.0. The summed E-state index contributed by atoms with van der Waals surface area (Å²) in [4.78, 5) is 25.1. The fraction of sp³-hybridized carbons (Fsp3) is 0.500. The van der Waals surface area contributed by atoms with E-state index in [1.807, 2.05) is 19.0 Å². The molecular formula is C16H25ClN2O4. The minimum atomic E-state index is -1.06. The molecule has 1 aromatic rings. The Morgan fingerprint density at radius 2 is 1.78 bits per heavy atom. The van der Waals surface area contributed by atoms with Crippen molar-refractivity contribution in [3.05, 3.63) is 29.8 Å². The van der Waals surface area contributed by atoms with Gasteiger partial charge < -0.3 is 20.4 Å². The second kappa shape index (κ2) is 10.9. The average molecular weight is 345 g/mol. The standard InChI is InChI=1S/C16H24N2O4.ClH/c1-18(2)10-4-3-5-15(20)17-14(16(21)22)11-12-6-8-13(19)9-7-12;/h6-9,14,19H,3-5,10-11H2,1-2H3,(H,17,20)(H,21,22);1H/t14-;/m0./s1. The first-order valence-corrected chi connectivity index (χ1v) is 7.33. The molecule has 0 radical (unpaired) electrons. The Bertz CT molecular complexity index is 491. The number of carboxylic acids is 1. The molecule has 1 aromatic carbocycles. The van der Waals surface area contributed by atoms with Crippen LogP contribution in [0.3, 0.4) is 0 Å². The molecule has 1 atom stereocenters. The first kappa shape index (κ1) is 21.2. The van der Waals surface area contributed by atoms with Gasteiger partial charge in [0.25, 0.3) is 0 Å². The third-order valence-electron chi connectivity index (χ3n) is 3.27. The van der Waals surface area contributed by atoms with Gasteiger partial charge in [-0.1, -0.05) is 12.1 Å². The molecule has 0 heterocycles. The Labute approximate surface area is 142 Å². The van der Waals surface area contributed by atoms with Crippen molar-refractivity contribution in [2.75, 3.05) is 20.6 Å². The quantitative estimate of drug-likeness (QED) is 0.593. The van der Waals surface area contributed by atoms with Crippen LogP contribution in [0.5, 0.6) is 5.75 Å². The normalized spacial score (nSPS) is 11.6. The number of rotatable bonds is 9. The van der Waals surface area contributed by atoms with Gasteiger partial charge in [0, 0.05) is 12.8 Å². The van der Waals surface area contributed by atoms with Crippen molar-refractivity contribution in [3.8, 4) is 5.75 Å². The monoisotopic (exact) mass is 344 g/mol. The van der Waals surface area contributed by atoms with Crippen LogP contribution in [0.15, 0.2) is 24.3 Å². The van der Waals surface area contributed by atoms with E-state index in [1.54, 1.807) is 12.1 Å². The molecule has 0 spiro atoms. The number of nitrogens with zero attached hydrogens (tertiary/aromatic N) is 1. The summed E-state index contributed by atoms with van der Waals surface area (Å²) < 4.78 is 0. The summed E-state index contributed by atoms with van der Waals surface area (Å²) in [5.41, 5.74) is 0.748. The molecule has 0 aliphatic carbocycles. The van der Waals surface area contributed by atoms with E-state index in [1.165, 1.54) is 12.1 Å². The Balaban J connectivity index is 0.00000484. The molecule has 0 aromatic heterocycles. The number of carbonyl (C=O) groups is 2. The number of nitrogens with one attached hydrogen (secondary N) is 1. The molecule has 23 heavy (non-hydrogen) atoms. The van der Waals surface area contributed by atoms with Crippen LogP contribution in [0.25, 0.3) is 0 Å². The minimum Gasteiger partial charge on any atom is -0.508 e. The SMILES string of the molecule is CN(C)CCCCC(=O)N[C@@H](Cc1ccc(O)cc1)C(=O)O.Cl. The maximum absolute atomic E-state index is 11.8. The van der Waals surface area contributed by atoms with Crippen LogP contribution < -0.4 is 5.32 Å². The molecular weight excluding hydrogens is 320 g/mol. The van der Waals surface area contributed by atoms with E-state index < -0.39 is 12.0 Å². The van der Waals surface area contributed by atoms with Crippen LogP contribution in [-0.4, -0.2) is 53.7 Å². The van der Waals surface area contributed by atoms with Gasteiger partial charge in [0.15, 0.2) is 0 Å². The van der Waals surface area contributed by atoms with E-state index in [4.69, 9.17) is 0 Å². The first-order chi connectivity index (χ1) is 10.4. The van der Waals surface area contributed by atoms with Crippen LogP contribution in [0.2, 0.25) is 0 Å². The van der Waals surface area contributed by atoms with E-state index in [2.05, 4.69) is 5.32 Å². The summed E-state index contributed by atoms with van der Waals surface area (Å²) in [6, 6.07) is 5.34. The number of phenols is 1. The van der Waals surface area contributed by atoms with E-state index in [0.29, 0.717) is 6.42 Å². The zero-order chi connectivity index (χ0) is 16.5. The number of hydrogen-bond acceptors (Lipinski definition) is 4. The molecule has 0 unspecified atom stereocenters. The van der Waals surface area contributed by atoms with Gasteiger partial charge in [-0.3, -0.25) is 4.79 Å². The van der Waals surface area contributed by atoms with Gasteiger partial charge in [0.05, 0.1) is 0 Å². The van der Waals surface area contributed by atoms with Crippen LogP contribution in [0, 0.1) is 0 Å². The molecule has 130 valence electrons. The number of halogens is 1. The predicted octanol–water partition coefficient (Wildman–Crippen LogP) is 1.66. The number of unbranched alkanes of at least 4 members (excludes halogenated alkanes) is 1. The number of hydrogen-bond donors (Lipinski definition) is 3. The highest BCUT2D eigenvalue weighted by Gasteiger charge is 2.20. The zero-order valence-corrected chi connectivity index (χ0v) is 14.3. The smallest absolute Gasteiger partial charge is 0.326 e. The van der Waals surface area contributed by atoms with Crippen LogP contribution in [0.4, 0.5) is 0 Å². The lowest BCUT2D eigenvalue weighted by atomic mass is 10.1. The van der Waals surface area contributed by atoms with Crippen molar-refractivity contribution in [1.82, 2.24) is 10.2 Å². The van der Waals surface area contributed by atoms with Gasteiger partial charge in [-0.05, 0) is 51.2 Å². The minimum absolute atomic E-state index is 0. The van der Waals surface area contributed by atoms with Crippen molar-refractivity contribution < 1.29 is 19.8 Å². The molecule has 0 bridgehead atoms. The fourth-order valence-corrected chi connectivity index (χ4v) is 2.05. The Hall–Kier alpha value is -1.79. The lowest BCUT2D eigenvalue weighted by molar-refractivity contribution is -0.141. The number of amides is 1. The van der Waals surface area contributed by atoms with Crippen molar-refractivity contribution in [2.45, 2.75) is 31.7 Å². The summed E-state index contributed by atoms with van der Waals surface area (Å²) in [6.45, 7) is 0.906. The van der Waals surface area contributed by atoms with Crippen molar-refractivity contribution >= 4 is 24.3 Å². The summed E-state index contributed by atoms with van der Waals surface area (Å²) >= 11 is 0. The van der Waals surface area contributed by atoms with Gasteiger partial charge in [-0.15, -0.1) is 12.4 Å². The molecule has 3 N–H and O–H groups in total. The molecule has 0 saturated carbocycles. The molecule has 1 amide bonds. The van der Waals surface area contributed by atoms with Gasteiger partial charge in [0.1, 0.15) is 11.8 Å². The molecule has 1 rings (SSSR count). The molecule has 7 heteroatoms. The van der Waals surface area contributed by atoms with Crippen LogP contribution >= 0.6 is 12.4 Å². The fourth-order valence-electron chi connectivity index (χ4n) is 2.05. The zero-order valence-electron chi connectivity index (χ0n) is 13.5. The maximum atomic E-state index is 11.8. The summed E-state index contributed by atoms with van der Waals surface area (Å²) in [7, 11) is 3.94. The molecule has 6 nitrogen and oxygen atoms in total. The van der Waals surface area contributed by atoms with Gasteiger partial charge in [0.2, 0.25) is 5.91 Å². The Kier molecular flexibility index (Phi) is 10.0. The number of carboxylic acid groups (broad SMARTS) is 1. The van der Waals surface area contributed by atoms with Gasteiger partial charge in [-0.25, -0.2) is 4.79 Å². The average Bonchev–Trinajstić information content (AvgIpc) is 2.45. The van der Waals surface area contributed by atoms with Gasteiger partial charge in [-0.2, -0.15) is 0 Å². The van der Waals surface area contributed by atoms with E-state index in [0.717, 1.165) is 24.9 Å². The summed E-state index contributed by atoms with van der Waals surface area (Å²) in [6.07, 6.45) is 2.15. The van der Waals surface area contributed by atoms with Crippen LogP contribution in [-0.2, 0) is 16.0 Å². The highest BCUT2D eigenvalue weighted by atomic mass is 35.5. The lowest BCUT2D eigenvalue weighted by Crippen LogP contribution is -2.42. The number of phenolic OH excluding ortho intramolecular Hbond substituents is 1. The topological polar surface area (TPSA) is 89.9 Å². The Morgan fingerprint density at radius 1 is 1.17 bits per heavy atom. The van der Waals surface area contributed by atoms with Crippen molar-refractivity contribution in [1.29, 1.82) is 0 Å². The molecule has 0 fully saturated rings. The number of carbonyl (C=O) groups excluding carboxylic acids is 1. The number of aromatic hydroxyl groups is 1. The van der Waals surface area contributed by atoms with Gasteiger partial charge >= 0.3 is 5.97 Å². The largest absolute Gasteiger partial charge is 0.508 e. The second-order valence-corrected chi connectivity index (χ2v) is 5.59. The molecule has 0 aliphatic heterocycles. The third kappa shape index (κ3) is 9.05. The third-order valence-corrected chi connectivity index (χ3v) is 3.27. The highest BCUT2D eigenvalue weighted by Crippen LogP contribution is 2.11. The predicted molar refractivity (Wildman–Crippen MR) is 91.0 cm³/mol. The molecule has 0 saturated heterocycles. The van der Waals surface area contributed by atoms with E-state index >= 15 is 0 Å². The van der Waals surface area contributed by atoms with Crippen molar-refractivity contribution in [3.63, 3.8) is 0 Å². The lowest BCUT2D eigenvalue weighted by Gasteiger charge is -2.15. The number of aliphatic carboxylic acids is 1.